The lowest BCUT2D eigenvalue weighted by Crippen LogP contribution is -2.22. The van der Waals surface area contributed by atoms with Crippen LogP contribution in [0.3, 0.4) is 0 Å². The van der Waals surface area contributed by atoms with Crippen molar-refractivity contribution in [2.45, 2.75) is 26.3 Å². The lowest BCUT2D eigenvalue weighted by molar-refractivity contribution is 0.0951. The molecule has 0 aliphatic rings. The quantitative estimate of drug-likeness (QED) is 0.610. The molecule has 0 spiro atoms. The van der Waals surface area contributed by atoms with E-state index in [9.17, 15) is 4.79 Å². The second kappa shape index (κ2) is 8.85. The van der Waals surface area contributed by atoms with E-state index in [0.717, 1.165) is 35.4 Å². The van der Waals surface area contributed by atoms with Crippen LogP contribution in [0.1, 0.15) is 35.7 Å². The van der Waals surface area contributed by atoms with Gasteiger partial charge in [0.25, 0.3) is 5.91 Å². The molecule has 0 saturated heterocycles. The van der Waals surface area contributed by atoms with E-state index in [0.29, 0.717) is 18.7 Å². The highest BCUT2D eigenvalue weighted by molar-refractivity contribution is 5.94. The molecule has 0 aliphatic heterocycles. The van der Waals surface area contributed by atoms with Crippen LogP contribution >= 0.6 is 0 Å². The number of unbranched alkanes of at least 4 members (excludes halogenated alkanes) is 1. The maximum Gasteiger partial charge on any atom is 0.251 e. The van der Waals surface area contributed by atoms with Gasteiger partial charge in [0, 0.05) is 23.9 Å². The predicted octanol–water partition coefficient (Wildman–Crippen LogP) is 4.45. The molecule has 0 radical (unpaired) electrons. The van der Waals surface area contributed by atoms with Gasteiger partial charge in [-0.1, -0.05) is 19.4 Å². The molecule has 0 atom stereocenters. The summed E-state index contributed by atoms with van der Waals surface area (Å²) in [6.45, 7) is 3.24. The highest BCUT2D eigenvalue weighted by Gasteiger charge is 2.06. The van der Waals surface area contributed by atoms with Crippen LogP contribution in [0.5, 0.6) is 5.75 Å². The third-order valence-corrected chi connectivity index (χ3v) is 3.98. The Bertz CT molecular complexity index is 809. The zero-order valence-corrected chi connectivity index (χ0v) is 14.8. The fourth-order valence-corrected chi connectivity index (χ4v) is 2.43. The third-order valence-electron chi connectivity index (χ3n) is 3.98. The van der Waals surface area contributed by atoms with Crippen LogP contribution in [0, 0.1) is 0 Å². The van der Waals surface area contributed by atoms with Crippen molar-refractivity contribution in [3.63, 3.8) is 0 Å². The Kier molecular flexibility index (Phi) is 6.04. The number of carbonyl (C=O) groups excluding carboxylic acids is 1. The van der Waals surface area contributed by atoms with Crippen molar-refractivity contribution in [3.05, 3.63) is 72.3 Å². The van der Waals surface area contributed by atoms with E-state index >= 15 is 0 Å². The summed E-state index contributed by atoms with van der Waals surface area (Å²) in [7, 11) is 0. The number of amides is 1. The number of hydrogen-bond donors (Lipinski definition) is 1. The standard InChI is InChI=1S/C21H22N2O3/c1-2-3-11-26-19-7-5-17(6-8-19)21(24)23-14-16-4-9-20(22-13-16)18-10-12-25-15-18/h4-10,12-13,15H,2-3,11,14H2,1H3,(H,23,24). The Hall–Kier alpha value is -3.08. The third kappa shape index (κ3) is 4.72. The molecule has 2 aromatic heterocycles. The van der Waals surface area contributed by atoms with Crippen molar-refractivity contribution in [2.24, 2.45) is 0 Å². The van der Waals surface area contributed by atoms with Gasteiger partial charge in [-0.05, 0) is 48.4 Å². The maximum absolute atomic E-state index is 12.3. The van der Waals surface area contributed by atoms with Crippen molar-refractivity contribution in [2.75, 3.05) is 6.61 Å². The van der Waals surface area contributed by atoms with Crippen molar-refractivity contribution in [3.8, 4) is 17.0 Å². The van der Waals surface area contributed by atoms with E-state index in [2.05, 4.69) is 17.2 Å². The van der Waals surface area contributed by atoms with Gasteiger partial charge in [-0.2, -0.15) is 0 Å². The zero-order valence-electron chi connectivity index (χ0n) is 14.8. The van der Waals surface area contributed by atoms with Gasteiger partial charge < -0.3 is 14.5 Å². The molecule has 0 bridgehead atoms. The molecular weight excluding hydrogens is 328 g/mol. The fraction of sp³-hybridized carbons (Fsp3) is 0.238. The van der Waals surface area contributed by atoms with Crippen LogP contribution in [0.4, 0.5) is 0 Å². The van der Waals surface area contributed by atoms with Gasteiger partial charge in [0.1, 0.15) is 5.75 Å². The Labute approximate surface area is 153 Å². The number of aromatic nitrogens is 1. The Morgan fingerprint density at radius 1 is 1.15 bits per heavy atom. The molecule has 0 fully saturated rings. The molecule has 26 heavy (non-hydrogen) atoms. The first-order chi connectivity index (χ1) is 12.8. The van der Waals surface area contributed by atoms with E-state index in [4.69, 9.17) is 9.15 Å². The van der Waals surface area contributed by atoms with E-state index in [1.807, 2.05) is 30.3 Å². The molecule has 2 heterocycles. The maximum atomic E-state index is 12.3. The minimum absolute atomic E-state index is 0.121. The van der Waals surface area contributed by atoms with Gasteiger partial charge in [0.15, 0.2) is 0 Å². The van der Waals surface area contributed by atoms with Crippen LogP contribution in [0.2, 0.25) is 0 Å². The first-order valence-electron chi connectivity index (χ1n) is 8.75. The van der Waals surface area contributed by atoms with E-state index < -0.39 is 0 Å². The number of rotatable bonds is 8. The van der Waals surface area contributed by atoms with E-state index in [1.54, 1.807) is 30.9 Å². The SMILES string of the molecule is CCCCOc1ccc(C(=O)NCc2ccc(-c3ccoc3)nc2)cc1. The number of carbonyl (C=O) groups is 1. The highest BCUT2D eigenvalue weighted by atomic mass is 16.5. The van der Waals surface area contributed by atoms with Crippen molar-refractivity contribution >= 4 is 5.91 Å². The molecular formula is C21H22N2O3. The Morgan fingerprint density at radius 2 is 2.00 bits per heavy atom. The topological polar surface area (TPSA) is 64.4 Å². The number of benzene rings is 1. The zero-order chi connectivity index (χ0) is 18.2. The average Bonchev–Trinajstić information content (AvgIpc) is 3.22. The van der Waals surface area contributed by atoms with Crippen LogP contribution in [0.15, 0.2) is 65.6 Å². The van der Waals surface area contributed by atoms with Crippen LogP contribution in [-0.2, 0) is 6.54 Å². The number of ether oxygens (including phenoxy) is 1. The number of furan rings is 1. The molecule has 1 amide bonds. The average molecular weight is 350 g/mol. The van der Waals surface area contributed by atoms with Crippen molar-refractivity contribution in [1.29, 1.82) is 0 Å². The Balaban J connectivity index is 1.52. The van der Waals surface area contributed by atoms with Gasteiger partial charge >= 0.3 is 0 Å². The predicted molar refractivity (Wildman–Crippen MR) is 100.0 cm³/mol. The largest absolute Gasteiger partial charge is 0.494 e. The van der Waals surface area contributed by atoms with Crippen LogP contribution < -0.4 is 10.1 Å². The lowest BCUT2D eigenvalue weighted by Gasteiger charge is -2.08. The molecule has 3 rings (SSSR count). The van der Waals surface area contributed by atoms with E-state index in [1.165, 1.54) is 0 Å². The first kappa shape index (κ1) is 17.7. The van der Waals surface area contributed by atoms with Crippen molar-refractivity contribution in [1.82, 2.24) is 10.3 Å². The summed E-state index contributed by atoms with van der Waals surface area (Å²) in [5.74, 6) is 0.665. The summed E-state index contributed by atoms with van der Waals surface area (Å²) >= 11 is 0. The normalized spacial score (nSPS) is 10.5. The van der Waals surface area contributed by atoms with Gasteiger partial charge in [-0.3, -0.25) is 9.78 Å². The summed E-state index contributed by atoms with van der Waals surface area (Å²) in [4.78, 5) is 16.6. The summed E-state index contributed by atoms with van der Waals surface area (Å²) in [6, 6.07) is 12.9. The lowest BCUT2D eigenvalue weighted by atomic mass is 10.1. The molecule has 0 unspecified atom stereocenters. The number of hydrogen-bond acceptors (Lipinski definition) is 4. The molecule has 0 aliphatic carbocycles. The molecule has 5 heteroatoms. The second-order valence-corrected chi connectivity index (χ2v) is 5.97. The van der Waals surface area contributed by atoms with Gasteiger partial charge in [0.2, 0.25) is 0 Å². The minimum Gasteiger partial charge on any atom is -0.494 e. The first-order valence-corrected chi connectivity index (χ1v) is 8.75. The van der Waals surface area contributed by atoms with Crippen LogP contribution in [0.25, 0.3) is 11.3 Å². The van der Waals surface area contributed by atoms with Gasteiger partial charge in [-0.15, -0.1) is 0 Å². The molecule has 0 saturated carbocycles. The molecule has 134 valence electrons. The second-order valence-electron chi connectivity index (χ2n) is 5.97. The number of pyridine rings is 1. The molecule has 3 aromatic rings. The highest BCUT2D eigenvalue weighted by Crippen LogP contribution is 2.17. The monoisotopic (exact) mass is 350 g/mol. The summed E-state index contributed by atoms with van der Waals surface area (Å²) < 4.78 is 10.7. The fourth-order valence-electron chi connectivity index (χ4n) is 2.43. The van der Waals surface area contributed by atoms with Crippen LogP contribution in [-0.4, -0.2) is 17.5 Å². The smallest absolute Gasteiger partial charge is 0.251 e. The summed E-state index contributed by atoms with van der Waals surface area (Å²) in [6.07, 6.45) is 7.14. The van der Waals surface area contributed by atoms with Crippen molar-refractivity contribution < 1.29 is 13.9 Å². The summed E-state index contributed by atoms with van der Waals surface area (Å²) in [5, 5.41) is 2.90. The minimum atomic E-state index is -0.121. The number of nitrogens with one attached hydrogen (secondary N) is 1. The molecule has 5 nitrogen and oxygen atoms in total. The number of nitrogens with zero attached hydrogens (tertiary/aromatic N) is 1. The molecule has 1 aromatic carbocycles. The molecule has 1 N–H and O–H groups in total. The van der Waals surface area contributed by atoms with Gasteiger partial charge in [-0.25, -0.2) is 0 Å². The van der Waals surface area contributed by atoms with E-state index in [-0.39, 0.29) is 5.91 Å². The summed E-state index contributed by atoms with van der Waals surface area (Å²) in [5.41, 5.74) is 3.32. The van der Waals surface area contributed by atoms with Gasteiger partial charge in [0.05, 0.1) is 24.8 Å². The Morgan fingerprint density at radius 3 is 2.65 bits per heavy atom.